The van der Waals surface area contributed by atoms with Crippen LogP contribution in [0.15, 0.2) is 29.2 Å². The van der Waals surface area contributed by atoms with Gasteiger partial charge in [0.05, 0.1) is 4.90 Å². The van der Waals surface area contributed by atoms with E-state index >= 15 is 0 Å². The molecule has 21 heavy (non-hydrogen) atoms. The molecule has 0 radical (unpaired) electrons. The summed E-state index contributed by atoms with van der Waals surface area (Å²) in [6, 6.07) is 7.15. The van der Waals surface area contributed by atoms with E-state index in [1.165, 1.54) is 0 Å². The number of benzene rings is 1. The van der Waals surface area contributed by atoms with Gasteiger partial charge >= 0.3 is 0 Å². The predicted molar refractivity (Wildman–Crippen MR) is 88.0 cm³/mol. The molecule has 1 aromatic rings. The normalized spacial score (nSPS) is 12.6. The van der Waals surface area contributed by atoms with E-state index in [0.717, 1.165) is 37.9 Å². The lowest BCUT2D eigenvalue weighted by molar-refractivity contribution is 0.439. The molecule has 0 bridgehead atoms. The molecule has 0 aromatic heterocycles. The molecule has 0 amide bonds. The van der Waals surface area contributed by atoms with Crippen molar-refractivity contribution < 1.29 is 8.42 Å². The first-order valence-corrected chi connectivity index (χ1v) is 9.12. The Morgan fingerprint density at radius 2 is 1.67 bits per heavy atom. The number of hydrogen-bond donors (Lipinski definition) is 2. The maximum atomic E-state index is 12.3. The summed E-state index contributed by atoms with van der Waals surface area (Å²) < 4.78 is 27.3. The van der Waals surface area contributed by atoms with Crippen LogP contribution in [0.2, 0.25) is 0 Å². The predicted octanol–water partition coefficient (Wildman–Crippen LogP) is 2.70. The average Bonchev–Trinajstić information content (AvgIpc) is 2.43. The Hall–Kier alpha value is -0.910. The Morgan fingerprint density at radius 3 is 2.19 bits per heavy atom. The number of hydrogen-bond acceptors (Lipinski definition) is 3. The van der Waals surface area contributed by atoms with Gasteiger partial charge in [-0.3, -0.25) is 0 Å². The highest BCUT2D eigenvalue weighted by atomic mass is 32.2. The van der Waals surface area contributed by atoms with Crippen molar-refractivity contribution in [2.75, 3.05) is 13.1 Å². The van der Waals surface area contributed by atoms with Gasteiger partial charge in [-0.2, -0.15) is 0 Å². The highest BCUT2D eigenvalue weighted by molar-refractivity contribution is 7.89. The van der Waals surface area contributed by atoms with Crippen molar-refractivity contribution in [1.29, 1.82) is 0 Å². The zero-order valence-electron chi connectivity index (χ0n) is 13.6. The summed E-state index contributed by atoms with van der Waals surface area (Å²) in [4.78, 5) is 0.328. The van der Waals surface area contributed by atoms with Gasteiger partial charge < -0.3 is 5.32 Å². The van der Waals surface area contributed by atoms with Gasteiger partial charge in [0.15, 0.2) is 0 Å². The molecule has 2 N–H and O–H groups in total. The second-order valence-corrected chi connectivity index (χ2v) is 7.67. The van der Waals surface area contributed by atoms with Crippen LogP contribution in [0, 0.1) is 0 Å². The fraction of sp³-hybridized carbons (Fsp3) is 0.625. The van der Waals surface area contributed by atoms with E-state index in [0.29, 0.717) is 4.90 Å². The standard InChI is InChI=1S/C16H28N2O2S/c1-5-12-17-13-11-14-7-9-15(10-8-14)21(19,20)18-16(3,4)6-2/h7-10,17-18H,5-6,11-13H2,1-4H3. The number of sulfonamides is 1. The summed E-state index contributed by atoms with van der Waals surface area (Å²) in [5, 5.41) is 3.34. The quantitative estimate of drug-likeness (QED) is 0.689. The summed E-state index contributed by atoms with van der Waals surface area (Å²) >= 11 is 0. The Labute approximate surface area is 129 Å². The zero-order valence-corrected chi connectivity index (χ0v) is 14.4. The minimum Gasteiger partial charge on any atom is -0.316 e. The van der Waals surface area contributed by atoms with Crippen LogP contribution in [-0.4, -0.2) is 27.0 Å². The van der Waals surface area contributed by atoms with Crippen LogP contribution in [0.4, 0.5) is 0 Å². The van der Waals surface area contributed by atoms with Gasteiger partial charge in [0.1, 0.15) is 0 Å². The van der Waals surface area contributed by atoms with E-state index in [4.69, 9.17) is 0 Å². The lowest BCUT2D eigenvalue weighted by Gasteiger charge is -2.24. The molecule has 120 valence electrons. The van der Waals surface area contributed by atoms with Crippen molar-refractivity contribution in [3.8, 4) is 0 Å². The molecule has 0 saturated heterocycles. The largest absolute Gasteiger partial charge is 0.316 e. The molecule has 1 aromatic carbocycles. The number of nitrogens with one attached hydrogen (secondary N) is 2. The van der Waals surface area contributed by atoms with Crippen LogP contribution in [0.5, 0.6) is 0 Å². The molecule has 5 heteroatoms. The Balaban J connectivity index is 2.68. The summed E-state index contributed by atoms with van der Waals surface area (Å²) in [6.45, 7) is 9.81. The van der Waals surface area contributed by atoms with Gasteiger partial charge in [0.25, 0.3) is 0 Å². The summed E-state index contributed by atoms with van der Waals surface area (Å²) in [5.74, 6) is 0. The molecule has 4 nitrogen and oxygen atoms in total. The van der Waals surface area contributed by atoms with Crippen LogP contribution in [0.3, 0.4) is 0 Å². The maximum absolute atomic E-state index is 12.3. The first-order chi connectivity index (χ1) is 9.80. The molecule has 0 fully saturated rings. The molecule has 0 spiro atoms. The van der Waals surface area contributed by atoms with Crippen LogP contribution in [0.1, 0.15) is 46.1 Å². The molecular weight excluding hydrogens is 284 g/mol. The SMILES string of the molecule is CCCNCCc1ccc(S(=O)(=O)NC(C)(C)CC)cc1. The lowest BCUT2D eigenvalue weighted by atomic mass is 10.0. The van der Waals surface area contributed by atoms with Crippen molar-refractivity contribution in [3.05, 3.63) is 29.8 Å². The molecule has 0 unspecified atom stereocenters. The Kier molecular flexibility index (Phi) is 6.84. The lowest BCUT2D eigenvalue weighted by Crippen LogP contribution is -2.42. The van der Waals surface area contributed by atoms with Crippen LogP contribution in [-0.2, 0) is 16.4 Å². The van der Waals surface area contributed by atoms with Crippen molar-refractivity contribution in [2.24, 2.45) is 0 Å². The minimum absolute atomic E-state index is 0.328. The summed E-state index contributed by atoms with van der Waals surface area (Å²) in [5.41, 5.74) is 0.717. The third-order valence-corrected chi connectivity index (χ3v) is 5.26. The first kappa shape index (κ1) is 18.1. The fourth-order valence-electron chi connectivity index (χ4n) is 1.86. The van der Waals surface area contributed by atoms with Gasteiger partial charge in [-0.1, -0.05) is 26.0 Å². The van der Waals surface area contributed by atoms with Crippen LogP contribution >= 0.6 is 0 Å². The molecular formula is C16H28N2O2S. The van der Waals surface area contributed by atoms with E-state index in [1.807, 2.05) is 32.9 Å². The van der Waals surface area contributed by atoms with Gasteiger partial charge in [-0.25, -0.2) is 13.1 Å². The topological polar surface area (TPSA) is 58.2 Å². The van der Waals surface area contributed by atoms with Crippen molar-refractivity contribution >= 4 is 10.0 Å². The van der Waals surface area contributed by atoms with Crippen molar-refractivity contribution in [2.45, 2.75) is 57.4 Å². The van der Waals surface area contributed by atoms with E-state index in [-0.39, 0.29) is 0 Å². The van der Waals surface area contributed by atoms with E-state index in [2.05, 4.69) is 17.0 Å². The minimum atomic E-state index is -3.44. The third-order valence-electron chi connectivity index (χ3n) is 3.55. The van der Waals surface area contributed by atoms with Gasteiger partial charge in [-0.15, -0.1) is 0 Å². The average molecular weight is 312 g/mol. The smallest absolute Gasteiger partial charge is 0.241 e. The van der Waals surface area contributed by atoms with Crippen molar-refractivity contribution in [1.82, 2.24) is 10.0 Å². The van der Waals surface area contributed by atoms with Gasteiger partial charge in [0, 0.05) is 5.54 Å². The molecule has 0 atom stereocenters. The highest BCUT2D eigenvalue weighted by Gasteiger charge is 2.24. The van der Waals surface area contributed by atoms with E-state index in [1.54, 1.807) is 12.1 Å². The summed E-state index contributed by atoms with van der Waals surface area (Å²) in [6.07, 6.45) is 2.78. The van der Waals surface area contributed by atoms with Crippen LogP contribution < -0.4 is 10.0 Å². The Morgan fingerprint density at radius 1 is 1.05 bits per heavy atom. The van der Waals surface area contributed by atoms with Crippen molar-refractivity contribution in [3.63, 3.8) is 0 Å². The van der Waals surface area contributed by atoms with Crippen LogP contribution in [0.25, 0.3) is 0 Å². The fourth-order valence-corrected chi connectivity index (χ4v) is 3.35. The molecule has 0 saturated carbocycles. The maximum Gasteiger partial charge on any atom is 0.241 e. The highest BCUT2D eigenvalue weighted by Crippen LogP contribution is 2.16. The first-order valence-electron chi connectivity index (χ1n) is 7.64. The van der Waals surface area contributed by atoms with E-state index in [9.17, 15) is 8.42 Å². The second-order valence-electron chi connectivity index (χ2n) is 5.99. The molecule has 0 aliphatic rings. The Bertz CT molecular complexity index is 522. The van der Waals surface area contributed by atoms with Gasteiger partial charge in [-0.05, 0) is 63.9 Å². The molecule has 0 heterocycles. The molecule has 0 aliphatic heterocycles. The van der Waals surface area contributed by atoms with E-state index < -0.39 is 15.6 Å². The number of rotatable bonds is 9. The third kappa shape index (κ3) is 6.16. The van der Waals surface area contributed by atoms with Gasteiger partial charge in [0.2, 0.25) is 10.0 Å². The zero-order chi connectivity index (χ0) is 15.9. The molecule has 0 aliphatic carbocycles. The summed E-state index contributed by atoms with van der Waals surface area (Å²) in [7, 11) is -3.44. The monoisotopic (exact) mass is 312 g/mol. The molecule has 1 rings (SSSR count). The second kappa shape index (κ2) is 7.92.